The van der Waals surface area contributed by atoms with Crippen LogP contribution in [0.4, 0.5) is 5.69 Å². The van der Waals surface area contributed by atoms with Crippen LogP contribution in [0.3, 0.4) is 0 Å². The van der Waals surface area contributed by atoms with Gasteiger partial charge in [0.25, 0.3) is 5.91 Å². The molecule has 7 heteroatoms. The molecule has 1 aliphatic rings. The molecule has 0 saturated heterocycles. The molecule has 0 radical (unpaired) electrons. The molecule has 3 rings (SSSR count). The molecular weight excluding hydrogens is 564 g/mol. The fourth-order valence-electron chi connectivity index (χ4n) is 5.11. The monoisotopic (exact) mass is 614 g/mol. The number of amides is 1. The van der Waals surface area contributed by atoms with Gasteiger partial charge in [0.2, 0.25) is 0 Å². The van der Waals surface area contributed by atoms with Crippen LogP contribution in [0.15, 0.2) is 61.4 Å². The van der Waals surface area contributed by atoms with Crippen molar-refractivity contribution >= 4 is 35.1 Å². The van der Waals surface area contributed by atoms with E-state index in [-0.39, 0.29) is 12.0 Å². The van der Waals surface area contributed by atoms with Crippen LogP contribution in [-0.2, 0) is 11.2 Å². The molecule has 42 heavy (non-hydrogen) atoms. The van der Waals surface area contributed by atoms with Crippen molar-refractivity contribution in [3.63, 3.8) is 0 Å². The van der Waals surface area contributed by atoms with E-state index in [0.717, 1.165) is 42.4 Å². The Balaban J connectivity index is 0.000000468. The number of benzene rings is 2. The van der Waals surface area contributed by atoms with Crippen LogP contribution in [0, 0.1) is 18.8 Å². The van der Waals surface area contributed by atoms with Crippen molar-refractivity contribution in [1.82, 2.24) is 4.72 Å². The Hall–Kier alpha value is -2.41. The number of methoxy groups -OCH3 is 1. The van der Waals surface area contributed by atoms with Crippen LogP contribution in [0.1, 0.15) is 81.8 Å². The molecule has 0 heterocycles. The molecule has 2 aromatic carbocycles. The molecular formula is C35H51ClN2O3S. The number of carbonyl (C=O) groups excluding carboxylic acids is 1. The lowest BCUT2D eigenvalue weighted by atomic mass is 9.70. The third kappa shape index (κ3) is 11.0. The molecule has 3 atom stereocenters. The maximum Gasteiger partial charge on any atom is 0.261 e. The van der Waals surface area contributed by atoms with Crippen LogP contribution in [0.5, 0.6) is 5.75 Å². The number of anilines is 1. The highest BCUT2D eigenvalue weighted by atomic mass is 35.5. The van der Waals surface area contributed by atoms with E-state index in [9.17, 15) is 4.79 Å². The van der Waals surface area contributed by atoms with E-state index in [4.69, 9.17) is 21.1 Å². The first-order valence-corrected chi connectivity index (χ1v) is 16.5. The van der Waals surface area contributed by atoms with E-state index < -0.39 is 0 Å². The van der Waals surface area contributed by atoms with Gasteiger partial charge in [-0.15, -0.1) is 0 Å². The molecule has 0 bridgehead atoms. The van der Waals surface area contributed by atoms with Crippen molar-refractivity contribution in [2.24, 2.45) is 11.8 Å². The summed E-state index contributed by atoms with van der Waals surface area (Å²) in [5, 5.41) is 1.17. The zero-order valence-electron chi connectivity index (χ0n) is 26.6. The van der Waals surface area contributed by atoms with Crippen molar-refractivity contribution < 1.29 is 14.3 Å². The summed E-state index contributed by atoms with van der Waals surface area (Å²) in [4.78, 5) is 14.9. The first-order chi connectivity index (χ1) is 20.2. The van der Waals surface area contributed by atoms with E-state index in [0.29, 0.717) is 22.6 Å². The van der Waals surface area contributed by atoms with E-state index in [1.807, 2.05) is 32.0 Å². The highest BCUT2D eigenvalue weighted by Gasteiger charge is 2.37. The van der Waals surface area contributed by atoms with Gasteiger partial charge in [0, 0.05) is 36.0 Å². The zero-order chi connectivity index (χ0) is 31.1. The van der Waals surface area contributed by atoms with Crippen LogP contribution in [0.2, 0.25) is 5.02 Å². The number of rotatable bonds is 15. The number of hydrogen-bond acceptors (Lipinski definition) is 5. The number of nitrogens with zero attached hydrogens (tertiary/aromatic N) is 1. The lowest BCUT2D eigenvalue weighted by Gasteiger charge is -2.43. The molecule has 0 spiro atoms. The largest absolute Gasteiger partial charge is 0.463 e. The molecule has 1 amide bonds. The van der Waals surface area contributed by atoms with Crippen LogP contribution in [0.25, 0.3) is 0 Å². The third-order valence-electron chi connectivity index (χ3n) is 7.56. The summed E-state index contributed by atoms with van der Waals surface area (Å²) >= 11 is 7.28. The van der Waals surface area contributed by atoms with Gasteiger partial charge >= 0.3 is 0 Å². The molecule has 3 unspecified atom stereocenters. The average molecular weight is 615 g/mol. The Morgan fingerprint density at radius 2 is 1.95 bits per heavy atom. The Kier molecular flexibility index (Phi) is 16.2. The summed E-state index contributed by atoms with van der Waals surface area (Å²) < 4.78 is 14.4. The molecule has 1 saturated carbocycles. The van der Waals surface area contributed by atoms with E-state index in [2.05, 4.69) is 68.2 Å². The molecule has 0 aromatic heterocycles. The van der Waals surface area contributed by atoms with Gasteiger partial charge in [0.05, 0.1) is 18.1 Å². The van der Waals surface area contributed by atoms with E-state index in [1.165, 1.54) is 48.6 Å². The van der Waals surface area contributed by atoms with Crippen molar-refractivity contribution in [3.8, 4) is 5.75 Å². The standard InChI is InChI=1S/C25H38N2O3S.C10H13Cl/c1-7-10-11-23(29-6)21-14-12-20(21)17-27(8-2)22-16-19(13-15-24(22)30-9-3)25(28)26-31-18(4)5;1-3-4-9-7-10(11)6-5-8(9)2/h9-11,13,15-16,18,20-21,23H,3,7-8,12,14,17H2,1-2,4-6H3,(H,26,28);5-7H,3-4H2,1-2H3/b11-10+;. The van der Waals surface area contributed by atoms with Crippen molar-refractivity contribution in [2.75, 3.05) is 25.1 Å². The normalized spacial score (nSPS) is 16.8. The van der Waals surface area contributed by atoms with Gasteiger partial charge in [0.1, 0.15) is 5.75 Å². The van der Waals surface area contributed by atoms with Gasteiger partial charge < -0.3 is 14.4 Å². The molecule has 1 N–H and O–H groups in total. The quantitative estimate of drug-likeness (QED) is 0.123. The molecule has 5 nitrogen and oxygen atoms in total. The van der Waals surface area contributed by atoms with Crippen LogP contribution < -0.4 is 14.4 Å². The maximum atomic E-state index is 12.6. The summed E-state index contributed by atoms with van der Waals surface area (Å²) in [5.74, 6) is 1.68. The molecule has 1 aliphatic carbocycles. The van der Waals surface area contributed by atoms with Gasteiger partial charge in [-0.05, 0) is 105 Å². The summed E-state index contributed by atoms with van der Waals surface area (Å²) in [6, 6.07) is 11.7. The number of aryl methyl sites for hydroxylation is 2. The number of ether oxygens (including phenoxy) is 2. The fraction of sp³-hybridized carbons (Fsp3) is 0.514. The lowest BCUT2D eigenvalue weighted by Crippen LogP contribution is -2.43. The average Bonchev–Trinajstić information content (AvgIpc) is 2.96. The van der Waals surface area contributed by atoms with Crippen molar-refractivity contribution in [3.05, 3.63) is 83.1 Å². The summed E-state index contributed by atoms with van der Waals surface area (Å²) in [5.41, 5.74) is 4.27. The molecule has 232 valence electrons. The highest BCUT2D eigenvalue weighted by molar-refractivity contribution is 7.98. The third-order valence-corrected chi connectivity index (χ3v) is 8.57. The minimum absolute atomic E-state index is 0.0909. The minimum atomic E-state index is -0.0909. The summed E-state index contributed by atoms with van der Waals surface area (Å²) in [7, 11) is 1.80. The number of hydrogen-bond donors (Lipinski definition) is 1. The first kappa shape index (κ1) is 35.8. The number of carbonyl (C=O) groups is 1. The van der Waals surface area contributed by atoms with Crippen molar-refractivity contribution in [1.29, 1.82) is 0 Å². The molecule has 2 aromatic rings. The van der Waals surface area contributed by atoms with Crippen LogP contribution in [-0.4, -0.2) is 37.5 Å². The van der Waals surface area contributed by atoms with Gasteiger partial charge in [-0.1, -0.05) is 70.5 Å². The maximum absolute atomic E-state index is 12.6. The SMILES string of the molecule is C=COc1ccc(C(=O)NSC(C)C)cc1N(CC)CC1CCC1C(/C=C/CC)OC.CCCc1cc(Cl)ccc1C. The zero-order valence-corrected chi connectivity index (χ0v) is 28.2. The Labute approximate surface area is 264 Å². The molecule has 1 fully saturated rings. The van der Waals surface area contributed by atoms with E-state index >= 15 is 0 Å². The van der Waals surface area contributed by atoms with Crippen LogP contribution >= 0.6 is 23.5 Å². The van der Waals surface area contributed by atoms with E-state index in [1.54, 1.807) is 13.2 Å². The Morgan fingerprint density at radius 3 is 2.52 bits per heavy atom. The second-order valence-corrected chi connectivity index (χ2v) is 12.8. The summed E-state index contributed by atoms with van der Waals surface area (Å²) in [6.07, 6.45) is 11.7. The van der Waals surface area contributed by atoms with Gasteiger partial charge in [0.15, 0.2) is 0 Å². The smallest absolute Gasteiger partial charge is 0.261 e. The number of allylic oxidation sites excluding steroid dienone is 1. The fourth-order valence-corrected chi connectivity index (χ4v) is 5.76. The highest BCUT2D eigenvalue weighted by Crippen LogP contribution is 2.41. The second kappa shape index (κ2) is 19.0. The Bertz CT molecular complexity index is 1150. The Morgan fingerprint density at radius 1 is 1.19 bits per heavy atom. The molecule has 0 aliphatic heterocycles. The second-order valence-electron chi connectivity index (χ2n) is 11.0. The summed E-state index contributed by atoms with van der Waals surface area (Å²) in [6.45, 7) is 18.1. The first-order valence-electron chi connectivity index (χ1n) is 15.3. The van der Waals surface area contributed by atoms with Gasteiger partial charge in [-0.2, -0.15) is 0 Å². The predicted octanol–water partition coefficient (Wildman–Crippen LogP) is 9.43. The van der Waals surface area contributed by atoms with Crippen molar-refractivity contribution in [2.45, 2.75) is 85.0 Å². The number of halogens is 1. The topological polar surface area (TPSA) is 50.8 Å². The minimum Gasteiger partial charge on any atom is -0.463 e. The lowest BCUT2D eigenvalue weighted by molar-refractivity contribution is 0.0136. The van der Waals surface area contributed by atoms with Gasteiger partial charge in [-0.25, -0.2) is 0 Å². The van der Waals surface area contributed by atoms with Gasteiger partial charge in [-0.3, -0.25) is 9.52 Å². The predicted molar refractivity (Wildman–Crippen MR) is 182 cm³/mol. The number of nitrogens with one attached hydrogen (secondary N) is 1.